The van der Waals surface area contributed by atoms with Crippen LogP contribution in [-0.4, -0.2) is 24.1 Å². The van der Waals surface area contributed by atoms with Gasteiger partial charge in [-0.3, -0.25) is 0 Å². The summed E-state index contributed by atoms with van der Waals surface area (Å²) in [6, 6.07) is 9.46. The number of benzene rings is 1. The van der Waals surface area contributed by atoms with Crippen LogP contribution < -0.4 is 5.73 Å². The molecule has 1 aromatic carbocycles. The van der Waals surface area contributed by atoms with Gasteiger partial charge in [-0.2, -0.15) is 11.8 Å². The quantitative estimate of drug-likeness (QED) is 0.785. The summed E-state index contributed by atoms with van der Waals surface area (Å²) in [5.41, 5.74) is 6.10. The molecule has 1 rings (SSSR count). The normalized spacial score (nSPS) is 15.7. The summed E-state index contributed by atoms with van der Waals surface area (Å²) in [6.07, 6.45) is 0.575. The maximum absolute atomic E-state index is 12.1. The van der Waals surface area contributed by atoms with E-state index in [2.05, 4.69) is 20.8 Å². The lowest BCUT2D eigenvalue weighted by Crippen LogP contribution is -2.46. The Morgan fingerprint density at radius 2 is 1.90 bits per heavy atom. The van der Waals surface area contributed by atoms with Gasteiger partial charge in [0.05, 0.1) is 7.11 Å². The van der Waals surface area contributed by atoms with Crippen LogP contribution in [-0.2, 0) is 15.1 Å². The lowest BCUT2D eigenvalue weighted by molar-refractivity contribution is -0.147. The standard InChI is InChI=1S/C16H25NO2S/c1-12(2)13(3)20-11-10-16(17,15(18)19-4)14-8-6-5-7-9-14/h5-9,12-13H,10-11,17H2,1-4H3. The van der Waals surface area contributed by atoms with E-state index in [1.165, 1.54) is 7.11 Å². The van der Waals surface area contributed by atoms with E-state index >= 15 is 0 Å². The van der Waals surface area contributed by atoms with Crippen LogP contribution in [0.2, 0.25) is 0 Å². The number of esters is 1. The van der Waals surface area contributed by atoms with Gasteiger partial charge in [0.1, 0.15) is 5.54 Å². The van der Waals surface area contributed by atoms with Crippen LogP contribution in [0.1, 0.15) is 32.8 Å². The molecule has 1 aromatic rings. The highest BCUT2D eigenvalue weighted by atomic mass is 32.2. The molecule has 0 saturated carbocycles. The van der Waals surface area contributed by atoms with Crippen molar-refractivity contribution in [3.05, 3.63) is 35.9 Å². The van der Waals surface area contributed by atoms with Crippen molar-refractivity contribution in [1.29, 1.82) is 0 Å². The van der Waals surface area contributed by atoms with E-state index < -0.39 is 5.54 Å². The molecule has 20 heavy (non-hydrogen) atoms. The van der Waals surface area contributed by atoms with Gasteiger partial charge in [0, 0.05) is 5.25 Å². The Hall–Kier alpha value is -1.00. The second kappa shape index (κ2) is 7.70. The zero-order valence-corrected chi connectivity index (χ0v) is 13.6. The maximum atomic E-state index is 12.1. The van der Waals surface area contributed by atoms with Crippen molar-refractivity contribution in [3.8, 4) is 0 Å². The maximum Gasteiger partial charge on any atom is 0.330 e. The molecule has 112 valence electrons. The van der Waals surface area contributed by atoms with Gasteiger partial charge in [0.25, 0.3) is 0 Å². The molecule has 3 nitrogen and oxygen atoms in total. The highest BCUT2D eigenvalue weighted by Crippen LogP contribution is 2.28. The van der Waals surface area contributed by atoms with E-state index in [4.69, 9.17) is 10.5 Å². The number of hydrogen-bond donors (Lipinski definition) is 1. The summed E-state index contributed by atoms with van der Waals surface area (Å²) in [6.45, 7) is 6.60. The topological polar surface area (TPSA) is 52.3 Å². The number of carbonyl (C=O) groups excluding carboxylic acids is 1. The molecule has 0 aliphatic rings. The lowest BCUT2D eigenvalue weighted by atomic mass is 9.88. The molecule has 2 N–H and O–H groups in total. The first-order valence-electron chi connectivity index (χ1n) is 6.96. The van der Waals surface area contributed by atoms with Crippen molar-refractivity contribution in [2.75, 3.05) is 12.9 Å². The Bertz CT molecular complexity index is 422. The minimum Gasteiger partial charge on any atom is -0.467 e. The summed E-state index contributed by atoms with van der Waals surface area (Å²) >= 11 is 1.85. The first-order chi connectivity index (χ1) is 9.41. The molecule has 0 heterocycles. The summed E-state index contributed by atoms with van der Waals surface area (Å²) in [7, 11) is 1.39. The third-order valence-electron chi connectivity index (χ3n) is 3.65. The third-order valence-corrected chi connectivity index (χ3v) is 5.16. The predicted molar refractivity (Wildman–Crippen MR) is 85.7 cm³/mol. The zero-order chi connectivity index (χ0) is 15.2. The minimum absolute atomic E-state index is 0.374. The average molecular weight is 295 g/mol. The van der Waals surface area contributed by atoms with Crippen LogP contribution in [0.3, 0.4) is 0 Å². The van der Waals surface area contributed by atoms with E-state index in [9.17, 15) is 4.79 Å². The number of methoxy groups -OCH3 is 1. The molecule has 0 aliphatic carbocycles. The van der Waals surface area contributed by atoms with Crippen LogP contribution in [0.4, 0.5) is 0 Å². The number of thioether (sulfide) groups is 1. The monoisotopic (exact) mass is 295 g/mol. The summed E-state index contributed by atoms with van der Waals surface area (Å²) in [5, 5.41) is 0.549. The van der Waals surface area contributed by atoms with Gasteiger partial charge in [0.15, 0.2) is 0 Å². The Morgan fingerprint density at radius 3 is 2.40 bits per heavy atom. The van der Waals surface area contributed by atoms with E-state index in [0.717, 1.165) is 11.3 Å². The second-order valence-corrected chi connectivity index (χ2v) is 6.88. The Morgan fingerprint density at radius 1 is 1.30 bits per heavy atom. The van der Waals surface area contributed by atoms with Crippen molar-refractivity contribution in [2.24, 2.45) is 11.7 Å². The summed E-state index contributed by atoms with van der Waals surface area (Å²) < 4.78 is 4.90. The average Bonchev–Trinajstić information content (AvgIpc) is 2.46. The van der Waals surface area contributed by atoms with E-state index in [1.807, 2.05) is 42.1 Å². The van der Waals surface area contributed by atoms with Crippen LogP contribution in [0.25, 0.3) is 0 Å². The minimum atomic E-state index is -1.06. The zero-order valence-electron chi connectivity index (χ0n) is 12.8. The highest BCUT2D eigenvalue weighted by molar-refractivity contribution is 7.99. The molecule has 4 heteroatoms. The van der Waals surface area contributed by atoms with Crippen LogP contribution in [0.15, 0.2) is 30.3 Å². The van der Waals surface area contributed by atoms with Crippen LogP contribution in [0.5, 0.6) is 0 Å². The van der Waals surface area contributed by atoms with E-state index in [0.29, 0.717) is 17.6 Å². The third kappa shape index (κ3) is 4.25. The van der Waals surface area contributed by atoms with Gasteiger partial charge in [-0.1, -0.05) is 51.1 Å². The second-order valence-electron chi connectivity index (χ2n) is 5.40. The van der Waals surface area contributed by atoms with Gasteiger partial charge < -0.3 is 10.5 Å². The fraction of sp³-hybridized carbons (Fsp3) is 0.562. The molecule has 0 aliphatic heterocycles. The number of hydrogen-bond acceptors (Lipinski definition) is 4. The van der Waals surface area contributed by atoms with Crippen LogP contribution >= 0.6 is 11.8 Å². The molecule has 0 spiro atoms. The van der Waals surface area contributed by atoms with Gasteiger partial charge in [-0.15, -0.1) is 0 Å². The number of carbonyl (C=O) groups is 1. The Kier molecular flexibility index (Phi) is 6.56. The fourth-order valence-corrected chi connectivity index (χ4v) is 3.08. The predicted octanol–water partition coefficient (Wildman–Crippen LogP) is 3.18. The molecule has 0 fully saturated rings. The highest BCUT2D eigenvalue weighted by Gasteiger charge is 2.36. The van der Waals surface area contributed by atoms with Gasteiger partial charge >= 0.3 is 5.97 Å². The van der Waals surface area contributed by atoms with E-state index in [-0.39, 0.29) is 5.97 Å². The van der Waals surface area contributed by atoms with E-state index in [1.54, 1.807) is 0 Å². The molecular formula is C16H25NO2S. The first kappa shape index (κ1) is 17.1. The van der Waals surface area contributed by atoms with Crippen molar-refractivity contribution >= 4 is 17.7 Å². The Balaban J connectivity index is 2.78. The molecule has 0 bridgehead atoms. The SMILES string of the molecule is COC(=O)C(N)(CCSC(C)C(C)C)c1ccccc1. The number of ether oxygens (including phenoxy) is 1. The van der Waals surface area contributed by atoms with Crippen molar-refractivity contribution in [3.63, 3.8) is 0 Å². The first-order valence-corrected chi connectivity index (χ1v) is 8.01. The molecule has 2 atom stereocenters. The Labute approximate surface area is 126 Å². The summed E-state index contributed by atoms with van der Waals surface area (Å²) in [5.74, 6) is 1.07. The largest absolute Gasteiger partial charge is 0.467 e. The smallest absolute Gasteiger partial charge is 0.330 e. The molecule has 0 aromatic heterocycles. The molecule has 0 saturated heterocycles. The van der Waals surface area contributed by atoms with Crippen molar-refractivity contribution in [2.45, 2.75) is 38.0 Å². The van der Waals surface area contributed by atoms with Gasteiger partial charge in [0.2, 0.25) is 0 Å². The van der Waals surface area contributed by atoms with Crippen molar-refractivity contribution in [1.82, 2.24) is 0 Å². The number of nitrogens with two attached hydrogens (primary N) is 1. The molecular weight excluding hydrogens is 270 g/mol. The molecule has 0 radical (unpaired) electrons. The van der Waals surface area contributed by atoms with Crippen molar-refractivity contribution < 1.29 is 9.53 Å². The summed E-state index contributed by atoms with van der Waals surface area (Å²) in [4.78, 5) is 12.1. The fourth-order valence-electron chi connectivity index (χ4n) is 1.88. The van der Waals surface area contributed by atoms with Crippen LogP contribution in [0, 0.1) is 5.92 Å². The molecule has 2 unspecified atom stereocenters. The van der Waals surface area contributed by atoms with Gasteiger partial charge in [-0.25, -0.2) is 4.79 Å². The molecule has 0 amide bonds. The lowest BCUT2D eigenvalue weighted by Gasteiger charge is -2.27. The van der Waals surface area contributed by atoms with Gasteiger partial charge in [-0.05, 0) is 23.7 Å². The number of rotatable bonds is 7.